The van der Waals surface area contributed by atoms with Gasteiger partial charge < -0.3 is 19.8 Å². The molecule has 0 aliphatic carbocycles. The topological polar surface area (TPSA) is 80.3 Å². The second kappa shape index (κ2) is 7.67. The largest absolute Gasteiger partial charge is 1.00 e. The Kier molecular flexibility index (Phi) is 8.99. The van der Waals surface area contributed by atoms with Gasteiger partial charge in [0.2, 0.25) is 0 Å². The Bertz CT molecular complexity index is 352. The van der Waals surface area contributed by atoms with E-state index in [1.54, 1.807) is 18.2 Å². The predicted octanol–water partition coefficient (Wildman–Crippen LogP) is -7.55. The van der Waals surface area contributed by atoms with Crippen LogP contribution in [-0.4, -0.2) is 11.9 Å². The molecule has 0 fully saturated rings. The van der Waals surface area contributed by atoms with E-state index in [4.69, 9.17) is 0 Å². The number of benzene rings is 1. The average molecular weight is 238 g/mol. The van der Waals surface area contributed by atoms with Gasteiger partial charge in [-0.1, -0.05) is 30.3 Å². The molecule has 1 rings (SSSR count). The van der Waals surface area contributed by atoms with Gasteiger partial charge in [-0.2, -0.15) is 0 Å². The van der Waals surface area contributed by atoms with Crippen molar-refractivity contribution in [3.63, 3.8) is 0 Å². The molecule has 0 unspecified atom stereocenters. The van der Waals surface area contributed by atoms with Crippen LogP contribution in [0.3, 0.4) is 0 Å². The third-order valence-electron chi connectivity index (χ3n) is 2.17. The van der Waals surface area contributed by atoms with Crippen LogP contribution in [0.1, 0.15) is 12.5 Å². The van der Waals surface area contributed by atoms with Crippen LogP contribution in [0.2, 0.25) is 0 Å². The zero-order valence-electron chi connectivity index (χ0n) is 9.52. The Hall–Kier alpha value is 0.394. The van der Waals surface area contributed by atoms with Crippen molar-refractivity contribution in [1.29, 1.82) is 0 Å². The first-order valence-corrected chi connectivity index (χ1v) is 3.98. The van der Waals surface area contributed by atoms with Gasteiger partial charge in [0.1, 0.15) is 0 Å². The van der Waals surface area contributed by atoms with Gasteiger partial charge in [-0.05, 0) is 12.5 Å². The molecule has 0 saturated carbocycles. The molecule has 0 saturated heterocycles. The number of hydrogen-bond donors (Lipinski definition) is 0. The molecule has 74 valence electrons. The minimum atomic E-state index is -2.10. The molecule has 0 spiro atoms. The van der Waals surface area contributed by atoms with Gasteiger partial charge >= 0.3 is 70.2 Å². The molecule has 0 N–H and O–H groups in total. The molecule has 0 aliphatic rings. The molecule has 1 aromatic carbocycles. The second-order valence-corrected chi connectivity index (χ2v) is 3.07. The minimum absolute atomic E-state index is 0. The maximum atomic E-state index is 10.7. The predicted molar refractivity (Wildman–Crippen MR) is 43.8 cm³/mol. The van der Waals surface area contributed by atoms with Gasteiger partial charge in [0.05, 0.1) is 17.4 Å². The van der Waals surface area contributed by atoms with E-state index < -0.39 is 17.4 Å². The van der Waals surface area contributed by atoms with Crippen LogP contribution in [-0.2, 0) is 15.0 Å². The fraction of sp³-hybridized carbons (Fsp3) is 0.200. The molecule has 0 aromatic heterocycles. The minimum Gasteiger partial charge on any atom is -0.549 e. The summed E-state index contributed by atoms with van der Waals surface area (Å²) in [5, 5.41) is 21.5. The summed E-state index contributed by atoms with van der Waals surface area (Å²) in [7, 11) is 0. The Morgan fingerprint density at radius 3 is 1.75 bits per heavy atom. The zero-order valence-corrected chi connectivity index (χ0v) is 12.6. The third kappa shape index (κ3) is 3.71. The number of carboxylic acids is 2. The number of carboxylic acid groups (broad SMARTS) is 2. The van der Waals surface area contributed by atoms with Crippen LogP contribution in [0.5, 0.6) is 0 Å². The van der Waals surface area contributed by atoms with Crippen molar-refractivity contribution in [2.75, 3.05) is 0 Å². The Morgan fingerprint density at radius 2 is 1.44 bits per heavy atom. The summed E-state index contributed by atoms with van der Waals surface area (Å²) in [6.45, 7) is 1.05. The molecule has 0 amide bonds. The van der Waals surface area contributed by atoms with Gasteiger partial charge in [-0.3, -0.25) is 0 Å². The molecule has 4 nitrogen and oxygen atoms in total. The van der Waals surface area contributed by atoms with Crippen molar-refractivity contribution in [1.82, 2.24) is 0 Å². The summed E-state index contributed by atoms with van der Waals surface area (Å²) in [4.78, 5) is 21.5. The van der Waals surface area contributed by atoms with Gasteiger partial charge in [0.25, 0.3) is 0 Å². The number of aliphatic carboxylic acids is 2. The molecular formula is C10H8KLiO4. The zero-order chi connectivity index (χ0) is 10.8. The van der Waals surface area contributed by atoms with Crippen LogP contribution in [0.25, 0.3) is 0 Å². The molecule has 1 aromatic rings. The molecule has 16 heavy (non-hydrogen) atoms. The van der Waals surface area contributed by atoms with E-state index in [1.165, 1.54) is 12.1 Å². The molecular weight excluding hydrogens is 230 g/mol. The summed E-state index contributed by atoms with van der Waals surface area (Å²) in [5.41, 5.74) is -1.96. The van der Waals surface area contributed by atoms with Crippen molar-refractivity contribution in [3.05, 3.63) is 35.9 Å². The molecule has 6 heteroatoms. The monoisotopic (exact) mass is 238 g/mol. The maximum Gasteiger partial charge on any atom is 1.00 e. The molecule has 0 aliphatic heterocycles. The van der Waals surface area contributed by atoms with Gasteiger partial charge in [0.15, 0.2) is 0 Å². The standard InChI is InChI=1S/C10H10O4.K.Li/c1-10(8(11)12,9(13)14)7-5-3-2-4-6-7;;/h2-6H,1H3,(H,11,12)(H,13,14);;/q;2*+1/p-2. The first-order chi connectivity index (χ1) is 6.49. The van der Waals surface area contributed by atoms with E-state index in [0.29, 0.717) is 0 Å². The first kappa shape index (κ1) is 18.8. The number of carbonyl (C=O) groups is 2. The fourth-order valence-corrected chi connectivity index (χ4v) is 1.09. The quantitative estimate of drug-likeness (QED) is 0.387. The molecule has 0 heterocycles. The third-order valence-corrected chi connectivity index (χ3v) is 2.17. The van der Waals surface area contributed by atoms with Crippen molar-refractivity contribution < 1.29 is 90.0 Å². The maximum absolute atomic E-state index is 10.7. The van der Waals surface area contributed by atoms with Crippen LogP contribution in [0.15, 0.2) is 30.3 Å². The molecule has 0 atom stereocenters. The fourth-order valence-electron chi connectivity index (χ4n) is 1.09. The summed E-state index contributed by atoms with van der Waals surface area (Å²) in [5.74, 6) is -3.35. The second-order valence-electron chi connectivity index (χ2n) is 3.07. The Labute approximate surface area is 148 Å². The average Bonchev–Trinajstić information content (AvgIpc) is 2.17. The smallest absolute Gasteiger partial charge is 0.549 e. The Balaban J connectivity index is 0. The van der Waals surface area contributed by atoms with Gasteiger partial charge in [-0.15, -0.1) is 0 Å². The SMILES string of the molecule is CC(C(=O)[O-])(C(=O)[O-])c1ccccc1.[K+].[Li+]. The summed E-state index contributed by atoms with van der Waals surface area (Å²) in [6.07, 6.45) is 0. The van der Waals surface area contributed by atoms with Crippen LogP contribution < -0.4 is 80.5 Å². The van der Waals surface area contributed by atoms with Gasteiger partial charge in [0, 0.05) is 0 Å². The number of rotatable bonds is 3. The van der Waals surface area contributed by atoms with E-state index >= 15 is 0 Å². The number of hydrogen-bond acceptors (Lipinski definition) is 4. The Morgan fingerprint density at radius 1 is 1.06 bits per heavy atom. The van der Waals surface area contributed by atoms with E-state index in [2.05, 4.69) is 0 Å². The first-order valence-electron chi connectivity index (χ1n) is 3.98. The van der Waals surface area contributed by atoms with Crippen molar-refractivity contribution >= 4 is 11.9 Å². The van der Waals surface area contributed by atoms with Crippen LogP contribution in [0, 0.1) is 0 Å². The van der Waals surface area contributed by atoms with Crippen molar-refractivity contribution in [3.8, 4) is 0 Å². The molecule has 0 radical (unpaired) electrons. The normalized spacial score (nSPS) is 9.56. The van der Waals surface area contributed by atoms with E-state index in [1.807, 2.05) is 0 Å². The van der Waals surface area contributed by atoms with E-state index in [0.717, 1.165) is 6.92 Å². The number of carbonyl (C=O) groups excluding carboxylic acids is 2. The summed E-state index contributed by atoms with van der Waals surface area (Å²) < 4.78 is 0. The van der Waals surface area contributed by atoms with Gasteiger partial charge in [-0.25, -0.2) is 0 Å². The summed E-state index contributed by atoms with van der Waals surface area (Å²) >= 11 is 0. The van der Waals surface area contributed by atoms with Crippen molar-refractivity contribution in [2.45, 2.75) is 12.3 Å². The van der Waals surface area contributed by atoms with E-state index in [9.17, 15) is 19.8 Å². The van der Waals surface area contributed by atoms with Crippen LogP contribution >= 0.6 is 0 Å². The van der Waals surface area contributed by atoms with E-state index in [-0.39, 0.29) is 75.8 Å². The summed E-state index contributed by atoms with van der Waals surface area (Å²) in [6, 6.07) is 7.59. The van der Waals surface area contributed by atoms with Crippen LogP contribution in [0.4, 0.5) is 0 Å². The molecule has 0 bridgehead atoms. The van der Waals surface area contributed by atoms with Crippen molar-refractivity contribution in [2.24, 2.45) is 0 Å².